The van der Waals surface area contributed by atoms with Crippen LogP contribution in [0.25, 0.3) is 0 Å². The van der Waals surface area contributed by atoms with Gasteiger partial charge in [0.2, 0.25) is 5.91 Å². The number of benzene rings is 1. The third-order valence-electron chi connectivity index (χ3n) is 7.97. The number of aliphatic carboxylic acids is 1. The fraction of sp³-hybridized carbons (Fsp3) is 0.577. The molecule has 35 heavy (non-hydrogen) atoms. The summed E-state index contributed by atoms with van der Waals surface area (Å²) >= 11 is 1.50. The summed E-state index contributed by atoms with van der Waals surface area (Å²) in [7, 11) is 0. The van der Waals surface area contributed by atoms with Gasteiger partial charge < -0.3 is 24.9 Å². The predicted octanol–water partition coefficient (Wildman–Crippen LogP) is 2.47. The van der Waals surface area contributed by atoms with Crippen molar-refractivity contribution >= 4 is 40.9 Å². The number of carboxylic acid groups (broad SMARTS) is 1. The van der Waals surface area contributed by atoms with E-state index < -0.39 is 28.6 Å². The van der Waals surface area contributed by atoms with E-state index in [9.17, 15) is 24.6 Å². The zero-order chi connectivity index (χ0) is 25.5. The summed E-state index contributed by atoms with van der Waals surface area (Å²) in [5, 5.41) is 19.5. The maximum atomic E-state index is 14.3. The van der Waals surface area contributed by atoms with Gasteiger partial charge in [-0.25, -0.2) is 0 Å². The van der Waals surface area contributed by atoms with Gasteiger partial charge in [0.1, 0.15) is 6.04 Å². The van der Waals surface area contributed by atoms with Crippen LogP contribution < -0.4 is 9.80 Å². The molecule has 3 unspecified atom stereocenters. The van der Waals surface area contributed by atoms with Gasteiger partial charge in [0.25, 0.3) is 5.91 Å². The second-order valence-electron chi connectivity index (χ2n) is 9.57. The minimum Gasteiger partial charge on any atom is -0.481 e. The van der Waals surface area contributed by atoms with Crippen molar-refractivity contribution in [2.45, 2.75) is 43.2 Å². The van der Waals surface area contributed by atoms with Crippen LogP contribution in [0.15, 0.2) is 36.9 Å². The van der Waals surface area contributed by atoms with E-state index in [1.165, 1.54) is 16.7 Å². The number of amides is 2. The molecule has 9 heteroatoms. The van der Waals surface area contributed by atoms with Crippen LogP contribution in [0.1, 0.15) is 27.2 Å². The molecule has 3 aliphatic heterocycles. The summed E-state index contributed by atoms with van der Waals surface area (Å²) in [4.78, 5) is 45.3. The summed E-state index contributed by atoms with van der Waals surface area (Å²) in [6, 6.07) is 6.93. The summed E-state index contributed by atoms with van der Waals surface area (Å²) < 4.78 is -0.822. The molecule has 2 N–H and O–H groups in total. The first kappa shape index (κ1) is 25.6. The number of carbonyl (C=O) groups excluding carboxylic acids is 2. The Labute approximate surface area is 210 Å². The van der Waals surface area contributed by atoms with Crippen LogP contribution in [0.2, 0.25) is 0 Å². The second-order valence-corrected chi connectivity index (χ2v) is 11.1. The molecule has 0 radical (unpaired) electrons. The van der Waals surface area contributed by atoms with Crippen LogP contribution in [0, 0.1) is 17.8 Å². The molecule has 1 aromatic carbocycles. The van der Waals surface area contributed by atoms with E-state index >= 15 is 0 Å². The smallest absolute Gasteiger partial charge is 0.308 e. The Balaban J connectivity index is 1.75. The van der Waals surface area contributed by atoms with Crippen molar-refractivity contribution in [3.63, 3.8) is 0 Å². The van der Waals surface area contributed by atoms with E-state index in [0.29, 0.717) is 12.1 Å². The third-order valence-corrected chi connectivity index (χ3v) is 10.0. The van der Waals surface area contributed by atoms with Crippen molar-refractivity contribution in [3.8, 4) is 0 Å². The Bertz CT molecular complexity index is 997. The summed E-state index contributed by atoms with van der Waals surface area (Å²) in [5.74, 6) is -3.16. The average Bonchev–Trinajstić information content (AvgIpc) is 3.43. The molecule has 2 amide bonds. The number of likely N-dealkylation sites (tertiary alicyclic amines) is 1. The lowest BCUT2D eigenvalue weighted by Crippen LogP contribution is -2.57. The number of carbonyl (C=O) groups is 3. The van der Waals surface area contributed by atoms with Gasteiger partial charge in [-0.05, 0) is 50.5 Å². The highest BCUT2D eigenvalue weighted by Crippen LogP contribution is 2.68. The fourth-order valence-electron chi connectivity index (χ4n) is 6.46. The van der Waals surface area contributed by atoms with Crippen LogP contribution in [0.4, 0.5) is 11.4 Å². The maximum Gasteiger partial charge on any atom is 0.308 e. The number of fused-ring (bicyclic) bond motifs is 1. The second kappa shape index (κ2) is 9.85. The Morgan fingerprint density at radius 1 is 1.23 bits per heavy atom. The highest BCUT2D eigenvalue weighted by Gasteiger charge is 2.76. The van der Waals surface area contributed by atoms with Gasteiger partial charge in [0.15, 0.2) is 0 Å². The summed E-state index contributed by atoms with van der Waals surface area (Å²) in [6.07, 6.45) is 2.31. The molecule has 6 atom stereocenters. The number of hydrogen-bond donors (Lipinski definition) is 2. The third kappa shape index (κ3) is 3.83. The van der Waals surface area contributed by atoms with E-state index in [2.05, 4.69) is 25.3 Å². The van der Waals surface area contributed by atoms with Crippen LogP contribution >= 0.6 is 11.8 Å². The highest BCUT2D eigenvalue weighted by atomic mass is 32.2. The number of anilines is 2. The molecule has 190 valence electrons. The zero-order valence-corrected chi connectivity index (χ0v) is 21.4. The monoisotopic (exact) mass is 501 g/mol. The van der Waals surface area contributed by atoms with Gasteiger partial charge in [0, 0.05) is 42.8 Å². The van der Waals surface area contributed by atoms with E-state index in [1.54, 1.807) is 11.0 Å². The van der Waals surface area contributed by atoms with Crippen molar-refractivity contribution in [2.75, 3.05) is 42.6 Å². The molecule has 8 nitrogen and oxygen atoms in total. The Morgan fingerprint density at radius 3 is 2.40 bits per heavy atom. The molecule has 3 aliphatic rings. The SMILES string of the molecule is C=CCN(C(=O)C1N(CCO)C(=O)[C@@H]2[C@H](C(=O)O)[C@@H]3CC(C)C12S3)c1ccc(N(CC)CC)cc1. The summed E-state index contributed by atoms with van der Waals surface area (Å²) in [6.45, 7) is 11.7. The van der Waals surface area contributed by atoms with Gasteiger partial charge >= 0.3 is 5.97 Å². The number of nitrogens with zero attached hydrogens (tertiary/aromatic N) is 3. The lowest BCUT2D eigenvalue weighted by molar-refractivity contribution is -0.149. The zero-order valence-electron chi connectivity index (χ0n) is 20.6. The van der Waals surface area contributed by atoms with Gasteiger partial charge in [-0.3, -0.25) is 14.4 Å². The van der Waals surface area contributed by atoms with E-state index in [-0.39, 0.29) is 42.7 Å². The average molecular weight is 502 g/mol. The van der Waals surface area contributed by atoms with Crippen molar-refractivity contribution in [1.82, 2.24) is 4.90 Å². The fourth-order valence-corrected chi connectivity index (χ4v) is 8.87. The normalized spacial score (nSPS) is 30.9. The minimum absolute atomic E-state index is 0.000598. The largest absolute Gasteiger partial charge is 0.481 e. The molecule has 3 saturated heterocycles. The molecule has 0 aliphatic carbocycles. The Kier molecular flexibility index (Phi) is 7.20. The molecule has 1 aromatic rings. The Morgan fingerprint density at radius 2 is 1.86 bits per heavy atom. The van der Waals surface area contributed by atoms with Crippen molar-refractivity contribution in [1.29, 1.82) is 0 Å². The molecular weight excluding hydrogens is 466 g/mol. The maximum absolute atomic E-state index is 14.3. The number of hydrogen-bond acceptors (Lipinski definition) is 6. The first-order valence-electron chi connectivity index (χ1n) is 12.4. The first-order chi connectivity index (χ1) is 16.8. The molecule has 3 heterocycles. The van der Waals surface area contributed by atoms with Crippen LogP contribution in [-0.4, -0.2) is 81.7 Å². The lowest BCUT2D eigenvalue weighted by atomic mass is 9.66. The molecule has 4 rings (SSSR count). The standard InChI is InChI=1S/C26H35N3O5S/c1-5-12-28(18-10-8-17(9-11-18)27(6-2)7-3)24(32)22-26-16(4)15-19(35-26)20(25(33)34)21(26)23(31)29(22)13-14-30/h5,8-11,16,19-22,30H,1,6-7,12-15H2,2-4H3,(H,33,34)/t16?,19-,20+,21-,22?,26?/m0/s1. The van der Waals surface area contributed by atoms with Crippen LogP contribution in [0.3, 0.4) is 0 Å². The number of aliphatic hydroxyl groups excluding tert-OH is 1. The Hall–Kier alpha value is -2.52. The van der Waals surface area contributed by atoms with Crippen LogP contribution in [0.5, 0.6) is 0 Å². The summed E-state index contributed by atoms with van der Waals surface area (Å²) in [5.41, 5.74) is 1.76. The van der Waals surface area contributed by atoms with Crippen molar-refractivity contribution in [2.24, 2.45) is 17.8 Å². The van der Waals surface area contributed by atoms with E-state index in [4.69, 9.17) is 0 Å². The van der Waals surface area contributed by atoms with E-state index in [0.717, 1.165) is 18.8 Å². The minimum atomic E-state index is -0.985. The number of β-amino-alcohol motifs (C(OH)–C–C–N with tert-alkyl or cyclic N) is 1. The quantitative estimate of drug-likeness (QED) is 0.475. The van der Waals surface area contributed by atoms with Gasteiger partial charge in [0.05, 0.1) is 23.2 Å². The van der Waals surface area contributed by atoms with Crippen LogP contribution in [-0.2, 0) is 14.4 Å². The molecule has 0 aromatic heterocycles. The van der Waals surface area contributed by atoms with Crippen molar-refractivity contribution < 1.29 is 24.6 Å². The van der Waals surface area contributed by atoms with Crippen molar-refractivity contribution in [3.05, 3.63) is 36.9 Å². The highest BCUT2D eigenvalue weighted by molar-refractivity contribution is 8.02. The molecular formula is C26H35N3O5S. The van der Waals surface area contributed by atoms with Gasteiger partial charge in [-0.1, -0.05) is 13.0 Å². The number of thioether (sulfide) groups is 1. The van der Waals surface area contributed by atoms with Gasteiger partial charge in [-0.15, -0.1) is 18.3 Å². The van der Waals surface area contributed by atoms with Gasteiger partial charge in [-0.2, -0.15) is 0 Å². The topological polar surface area (TPSA) is 101 Å². The lowest BCUT2D eigenvalue weighted by Gasteiger charge is -2.40. The predicted molar refractivity (Wildman–Crippen MR) is 138 cm³/mol. The molecule has 0 saturated carbocycles. The number of rotatable bonds is 10. The van der Waals surface area contributed by atoms with E-state index in [1.807, 2.05) is 31.2 Å². The number of carboxylic acids is 1. The molecule has 3 fully saturated rings. The number of aliphatic hydroxyl groups is 1. The first-order valence-corrected chi connectivity index (χ1v) is 13.2. The molecule has 1 spiro atoms. The molecule has 2 bridgehead atoms.